The number of hydrogen-bond acceptors (Lipinski definition) is 1. The maximum absolute atomic E-state index is 2.46. The molecule has 64 valence electrons. The summed E-state index contributed by atoms with van der Waals surface area (Å²) in [5, 5.41) is 0. The van der Waals surface area contributed by atoms with Gasteiger partial charge >= 0.3 is 0 Å². The van der Waals surface area contributed by atoms with E-state index in [0.29, 0.717) is 0 Å². The molecule has 0 aromatic rings. The highest BCUT2D eigenvalue weighted by Crippen LogP contribution is 2.15. The molecule has 1 atom stereocenters. The predicted octanol–water partition coefficient (Wildman–Crippen LogP) is 2.32. The third kappa shape index (κ3) is 3.56. The summed E-state index contributed by atoms with van der Waals surface area (Å²) in [6, 6.07) is 0. The van der Waals surface area contributed by atoms with E-state index in [9.17, 15) is 0 Å². The third-order valence-corrected chi connectivity index (χ3v) is 2.81. The zero-order valence-electron chi connectivity index (χ0n) is 7.09. The van der Waals surface area contributed by atoms with Gasteiger partial charge in [-0.3, -0.25) is 0 Å². The van der Waals surface area contributed by atoms with Gasteiger partial charge < -0.3 is 4.90 Å². The Morgan fingerprint density at radius 1 is 1.64 bits per heavy atom. The molecule has 1 rings (SSSR count). The number of likely N-dealkylation sites (N-methyl/N-ethyl adjacent to an activating group) is 1. The highest BCUT2D eigenvalue weighted by atomic mass is 127. The van der Waals surface area contributed by atoms with Gasteiger partial charge in [-0.25, -0.2) is 0 Å². The molecule has 0 fully saturated rings. The highest BCUT2D eigenvalue weighted by Gasteiger charge is 2.08. The van der Waals surface area contributed by atoms with Gasteiger partial charge in [-0.1, -0.05) is 34.7 Å². The lowest BCUT2D eigenvalue weighted by atomic mass is 10.0. The van der Waals surface area contributed by atoms with Crippen molar-refractivity contribution in [2.24, 2.45) is 5.92 Å². The summed E-state index contributed by atoms with van der Waals surface area (Å²) >= 11 is 2.46. The Hall–Kier alpha value is 0.430. The first-order valence-electron chi connectivity index (χ1n) is 4.24. The van der Waals surface area contributed by atoms with Gasteiger partial charge in [0.05, 0.1) is 0 Å². The Morgan fingerprint density at radius 2 is 2.45 bits per heavy atom. The second-order valence-electron chi connectivity index (χ2n) is 3.22. The first kappa shape index (κ1) is 9.52. The summed E-state index contributed by atoms with van der Waals surface area (Å²) in [5.74, 6) is 0.844. The average Bonchev–Trinajstić information content (AvgIpc) is 2.17. The van der Waals surface area contributed by atoms with E-state index < -0.39 is 0 Å². The van der Waals surface area contributed by atoms with Crippen LogP contribution in [0.5, 0.6) is 0 Å². The van der Waals surface area contributed by atoms with Gasteiger partial charge in [0.15, 0.2) is 0 Å². The number of rotatable bonds is 2. The standard InChI is InChI=1S/C9H16IN/c1-11-7-2-3-9(4-6-10)5-8-11/h2-3,9H,4-8H2,1H3. The summed E-state index contributed by atoms with van der Waals surface area (Å²) in [4.78, 5) is 2.38. The summed E-state index contributed by atoms with van der Waals surface area (Å²) in [7, 11) is 2.19. The monoisotopic (exact) mass is 265 g/mol. The van der Waals surface area contributed by atoms with E-state index in [0.717, 1.165) is 12.5 Å². The maximum Gasteiger partial charge on any atom is 0.0160 e. The average molecular weight is 265 g/mol. The number of nitrogens with zero attached hydrogens (tertiary/aromatic N) is 1. The summed E-state index contributed by atoms with van der Waals surface area (Å²) in [5.41, 5.74) is 0. The Labute approximate surface area is 83.0 Å². The molecule has 1 aliphatic heterocycles. The van der Waals surface area contributed by atoms with Crippen molar-refractivity contribution in [2.75, 3.05) is 24.6 Å². The van der Waals surface area contributed by atoms with Crippen molar-refractivity contribution in [1.82, 2.24) is 4.90 Å². The van der Waals surface area contributed by atoms with Crippen LogP contribution < -0.4 is 0 Å². The van der Waals surface area contributed by atoms with Crippen LogP contribution in [0.2, 0.25) is 0 Å². The van der Waals surface area contributed by atoms with Crippen LogP contribution in [-0.4, -0.2) is 29.5 Å². The van der Waals surface area contributed by atoms with Gasteiger partial charge in [0.25, 0.3) is 0 Å². The molecule has 0 aliphatic carbocycles. The smallest absolute Gasteiger partial charge is 0.0160 e. The number of hydrogen-bond donors (Lipinski definition) is 0. The molecular formula is C9H16IN. The Morgan fingerprint density at radius 3 is 3.18 bits per heavy atom. The molecule has 0 spiro atoms. The predicted molar refractivity (Wildman–Crippen MR) is 58.2 cm³/mol. The van der Waals surface area contributed by atoms with E-state index in [1.54, 1.807) is 0 Å². The highest BCUT2D eigenvalue weighted by molar-refractivity contribution is 14.1. The molecule has 0 bridgehead atoms. The van der Waals surface area contributed by atoms with Gasteiger partial charge in [-0.2, -0.15) is 0 Å². The van der Waals surface area contributed by atoms with Crippen LogP contribution >= 0.6 is 22.6 Å². The summed E-state index contributed by atoms with van der Waals surface area (Å²) in [6.07, 6.45) is 7.40. The molecule has 0 aromatic carbocycles. The van der Waals surface area contributed by atoms with Crippen LogP contribution in [0, 0.1) is 5.92 Å². The van der Waals surface area contributed by atoms with Crippen LogP contribution in [0.25, 0.3) is 0 Å². The van der Waals surface area contributed by atoms with Crippen LogP contribution in [0.3, 0.4) is 0 Å². The Kier molecular flexibility index (Phi) is 4.45. The van der Waals surface area contributed by atoms with Gasteiger partial charge in [-0.15, -0.1) is 0 Å². The summed E-state index contributed by atoms with van der Waals surface area (Å²) in [6.45, 7) is 2.39. The Bertz CT molecular complexity index is 134. The van der Waals surface area contributed by atoms with E-state index in [1.165, 1.54) is 23.8 Å². The third-order valence-electron chi connectivity index (χ3n) is 2.19. The minimum absolute atomic E-state index is 0.844. The molecule has 11 heavy (non-hydrogen) atoms. The van der Waals surface area contributed by atoms with Crippen LogP contribution in [0.4, 0.5) is 0 Å². The molecule has 0 radical (unpaired) electrons. The minimum atomic E-state index is 0.844. The molecule has 1 heterocycles. The minimum Gasteiger partial charge on any atom is -0.303 e. The van der Waals surface area contributed by atoms with Crippen LogP contribution in [0.15, 0.2) is 12.2 Å². The van der Waals surface area contributed by atoms with Gasteiger partial charge in [0, 0.05) is 11.0 Å². The van der Waals surface area contributed by atoms with Crippen LogP contribution in [-0.2, 0) is 0 Å². The fourth-order valence-electron chi connectivity index (χ4n) is 1.39. The first-order chi connectivity index (χ1) is 5.33. The van der Waals surface area contributed by atoms with Crippen molar-refractivity contribution in [3.05, 3.63) is 12.2 Å². The second-order valence-corrected chi connectivity index (χ2v) is 4.30. The zero-order valence-corrected chi connectivity index (χ0v) is 9.25. The first-order valence-corrected chi connectivity index (χ1v) is 5.76. The van der Waals surface area contributed by atoms with E-state index in [4.69, 9.17) is 0 Å². The van der Waals surface area contributed by atoms with E-state index in [2.05, 4.69) is 46.7 Å². The van der Waals surface area contributed by atoms with Gasteiger partial charge in [0.2, 0.25) is 0 Å². The zero-order chi connectivity index (χ0) is 8.10. The van der Waals surface area contributed by atoms with Crippen molar-refractivity contribution in [1.29, 1.82) is 0 Å². The largest absolute Gasteiger partial charge is 0.303 e. The van der Waals surface area contributed by atoms with Crippen molar-refractivity contribution in [3.8, 4) is 0 Å². The van der Waals surface area contributed by atoms with Gasteiger partial charge in [0.1, 0.15) is 0 Å². The lowest BCUT2D eigenvalue weighted by molar-refractivity contribution is 0.353. The second kappa shape index (κ2) is 5.14. The van der Waals surface area contributed by atoms with Crippen molar-refractivity contribution in [3.63, 3.8) is 0 Å². The van der Waals surface area contributed by atoms with Crippen molar-refractivity contribution < 1.29 is 0 Å². The van der Waals surface area contributed by atoms with Crippen LogP contribution in [0.1, 0.15) is 12.8 Å². The molecule has 2 heteroatoms. The molecule has 1 aliphatic rings. The van der Waals surface area contributed by atoms with Crippen molar-refractivity contribution >= 4 is 22.6 Å². The number of allylic oxidation sites excluding steroid dienone is 1. The molecule has 0 amide bonds. The molecule has 0 N–H and O–H groups in total. The van der Waals surface area contributed by atoms with E-state index >= 15 is 0 Å². The molecular weight excluding hydrogens is 249 g/mol. The molecule has 1 unspecified atom stereocenters. The van der Waals surface area contributed by atoms with E-state index in [-0.39, 0.29) is 0 Å². The fraction of sp³-hybridized carbons (Fsp3) is 0.778. The lowest BCUT2D eigenvalue weighted by Crippen LogP contribution is -2.18. The lowest BCUT2D eigenvalue weighted by Gasteiger charge is -2.13. The van der Waals surface area contributed by atoms with E-state index in [1.807, 2.05) is 0 Å². The fourth-order valence-corrected chi connectivity index (χ4v) is 2.19. The van der Waals surface area contributed by atoms with Crippen molar-refractivity contribution in [2.45, 2.75) is 12.8 Å². The quantitative estimate of drug-likeness (QED) is 0.421. The number of halogens is 1. The molecule has 0 aromatic heterocycles. The number of alkyl halides is 1. The molecule has 1 nitrogen and oxygen atoms in total. The normalized spacial score (nSPS) is 26.9. The van der Waals surface area contributed by atoms with Gasteiger partial charge in [-0.05, 0) is 32.4 Å². The Balaban J connectivity index is 2.33. The molecule has 0 saturated heterocycles. The molecule has 0 saturated carbocycles. The SMILES string of the molecule is CN1CC=CC(CCI)CC1. The summed E-state index contributed by atoms with van der Waals surface area (Å²) < 4.78 is 1.29. The maximum atomic E-state index is 2.46. The topological polar surface area (TPSA) is 3.24 Å².